The van der Waals surface area contributed by atoms with E-state index in [0.29, 0.717) is 15.8 Å². The molecule has 0 saturated carbocycles. The van der Waals surface area contributed by atoms with Crippen molar-refractivity contribution >= 4 is 74.2 Å². The summed E-state index contributed by atoms with van der Waals surface area (Å²) >= 11 is 13.4. The van der Waals surface area contributed by atoms with Gasteiger partial charge in [0.05, 0.1) is 10.6 Å². The first kappa shape index (κ1) is 23.7. The maximum atomic E-state index is 13.4. The van der Waals surface area contributed by atoms with Gasteiger partial charge in [0.1, 0.15) is 0 Å². The third-order valence-electron chi connectivity index (χ3n) is 6.26. The van der Waals surface area contributed by atoms with Crippen LogP contribution in [0.2, 0.25) is 5.02 Å². The van der Waals surface area contributed by atoms with E-state index in [9.17, 15) is 4.79 Å². The van der Waals surface area contributed by atoms with E-state index in [1.807, 2.05) is 85.7 Å². The monoisotopic (exact) mass is 517 g/mol. The molecular weight excluding hydrogens is 494 g/mol. The minimum atomic E-state index is -0.0973. The number of aromatic nitrogens is 1. The summed E-state index contributed by atoms with van der Waals surface area (Å²) in [5.41, 5.74) is 6.10. The van der Waals surface area contributed by atoms with Crippen LogP contribution >= 0.6 is 35.6 Å². The molecule has 0 atom stereocenters. The molecule has 0 aliphatic carbocycles. The van der Waals surface area contributed by atoms with E-state index >= 15 is 0 Å². The van der Waals surface area contributed by atoms with Crippen LogP contribution < -0.4 is 9.80 Å². The van der Waals surface area contributed by atoms with Crippen LogP contribution in [0.15, 0.2) is 77.7 Å². The van der Waals surface area contributed by atoms with Gasteiger partial charge in [0, 0.05) is 53.5 Å². The third kappa shape index (κ3) is 4.38. The zero-order valence-electron chi connectivity index (χ0n) is 19.7. The number of halogens is 1. The lowest BCUT2D eigenvalue weighted by molar-refractivity contribution is -0.113. The normalized spacial score (nSPS) is 15.0. The van der Waals surface area contributed by atoms with Gasteiger partial charge in [0.25, 0.3) is 5.91 Å². The topological polar surface area (TPSA) is 28.5 Å². The van der Waals surface area contributed by atoms with Gasteiger partial charge in [-0.1, -0.05) is 72.0 Å². The molecule has 35 heavy (non-hydrogen) atoms. The molecular formula is C28H24ClN3OS2. The summed E-state index contributed by atoms with van der Waals surface area (Å²) in [5.74, 6) is -0.0973. The maximum absolute atomic E-state index is 13.4. The Morgan fingerprint density at radius 3 is 2.40 bits per heavy atom. The van der Waals surface area contributed by atoms with Crippen LogP contribution in [-0.4, -0.2) is 28.9 Å². The van der Waals surface area contributed by atoms with Crippen LogP contribution in [0.1, 0.15) is 16.8 Å². The van der Waals surface area contributed by atoms with Crippen molar-refractivity contribution in [3.63, 3.8) is 0 Å². The summed E-state index contributed by atoms with van der Waals surface area (Å²) in [6.07, 6.45) is 1.98. The SMILES string of the molecule is Cc1c(/C=C2\SC(=S)N(c3ccc(N(C)C)cc3)C2=O)c2ccccc2n1Cc1ccccc1Cl. The Labute approximate surface area is 219 Å². The van der Waals surface area contributed by atoms with Gasteiger partial charge in [-0.05, 0) is 55.0 Å². The Kier molecular flexibility index (Phi) is 6.45. The first-order valence-electron chi connectivity index (χ1n) is 11.2. The Morgan fingerprint density at radius 1 is 1.00 bits per heavy atom. The first-order valence-corrected chi connectivity index (χ1v) is 12.8. The smallest absolute Gasteiger partial charge is 0.270 e. The van der Waals surface area contributed by atoms with Gasteiger partial charge in [0.2, 0.25) is 0 Å². The summed E-state index contributed by atoms with van der Waals surface area (Å²) in [5, 5.41) is 1.84. The van der Waals surface area contributed by atoms with Crippen molar-refractivity contribution < 1.29 is 4.79 Å². The highest BCUT2D eigenvalue weighted by Gasteiger charge is 2.33. The molecule has 0 N–H and O–H groups in total. The number of hydrogen-bond donors (Lipinski definition) is 0. The molecule has 176 valence electrons. The number of rotatable bonds is 5. The zero-order valence-corrected chi connectivity index (χ0v) is 22.0. The predicted octanol–water partition coefficient (Wildman–Crippen LogP) is 7.12. The molecule has 1 aromatic heterocycles. The minimum absolute atomic E-state index is 0.0973. The Balaban J connectivity index is 1.54. The number of amides is 1. The van der Waals surface area contributed by atoms with Gasteiger partial charge in [-0.25, -0.2) is 0 Å². The van der Waals surface area contributed by atoms with Crippen LogP contribution in [-0.2, 0) is 11.3 Å². The number of anilines is 2. The second-order valence-electron chi connectivity index (χ2n) is 8.62. The van der Waals surface area contributed by atoms with E-state index in [4.69, 9.17) is 23.8 Å². The average molecular weight is 518 g/mol. The number of carbonyl (C=O) groups excluding carboxylic acids is 1. The van der Waals surface area contributed by atoms with Gasteiger partial charge < -0.3 is 9.47 Å². The summed E-state index contributed by atoms with van der Waals surface area (Å²) in [6.45, 7) is 2.74. The molecule has 0 radical (unpaired) electrons. The summed E-state index contributed by atoms with van der Waals surface area (Å²) in [7, 11) is 3.98. The van der Waals surface area contributed by atoms with E-state index in [0.717, 1.165) is 44.1 Å². The Morgan fingerprint density at radius 2 is 1.69 bits per heavy atom. The van der Waals surface area contributed by atoms with E-state index in [-0.39, 0.29) is 5.91 Å². The van der Waals surface area contributed by atoms with Gasteiger partial charge >= 0.3 is 0 Å². The third-order valence-corrected chi connectivity index (χ3v) is 7.93. The van der Waals surface area contributed by atoms with Crippen molar-refractivity contribution in [2.45, 2.75) is 13.5 Å². The molecule has 2 heterocycles. The van der Waals surface area contributed by atoms with E-state index in [2.05, 4.69) is 23.6 Å². The summed E-state index contributed by atoms with van der Waals surface area (Å²) in [6, 6.07) is 24.0. The van der Waals surface area contributed by atoms with Crippen LogP contribution in [0.4, 0.5) is 11.4 Å². The molecule has 1 fully saturated rings. The molecule has 7 heteroatoms. The van der Waals surface area contributed by atoms with Gasteiger partial charge in [-0.15, -0.1) is 0 Å². The van der Waals surface area contributed by atoms with Crippen molar-refractivity contribution in [3.8, 4) is 0 Å². The van der Waals surface area contributed by atoms with Crippen molar-refractivity contribution in [2.75, 3.05) is 23.9 Å². The Hall–Kier alpha value is -3.06. The highest BCUT2D eigenvalue weighted by Crippen LogP contribution is 2.38. The fraction of sp³-hybridized carbons (Fsp3) is 0.143. The highest BCUT2D eigenvalue weighted by atomic mass is 35.5. The molecule has 5 rings (SSSR count). The fourth-order valence-electron chi connectivity index (χ4n) is 4.36. The summed E-state index contributed by atoms with van der Waals surface area (Å²) in [4.78, 5) is 17.7. The largest absolute Gasteiger partial charge is 0.378 e. The molecule has 1 aliphatic rings. The standard InChI is InChI=1S/C28H24ClN3OS2/c1-18-23(22-9-5-7-11-25(22)31(18)17-19-8-4-6-10-24(19)29)16-26-27(33)32(28(34)35-26)21-14-12-20(13-15-21)30(2)3/h4-16H,17H2,1-3H3/b26-16-. The molecule has 3 aromatic carbocycles. The molecule has 4 aromatic rings. The minimum Gasteiger partial charge on any atom is -0.378 e. The van der Waals surface area contributed by atoms with Gasteiger partial charge in [0.15, 0.2) is 4.32 Å². The lowest BCUT2D eigenvalue weighted by Gasteiger charge is -2.17. The number of para-hydroxylation sites is 1. The van der Waals surface area contributed by atoms with Crippen LogP contribution in [0, 0.1) is 6.92 Å². The van der Waals surface area contributed by atoms with E-state index in [1.165, 1.54) is 11.8 Å². The number of carbonyl (C=O) groups is 1. The lowest BCUT2D eigenvalue weighted by Crippen LogP contribution is -2.27. The second kappa shape index (κ2) is 9.53. The fourth-order valence-corrected chi connectivity index (χ4v) is 5.84. The van der Waals surface area contributed by atoms with Crippen LogP contribution in [0.25, 0.3) is 17.0 Å². The van der Waals surface area contributed by atoms with E-state index < -0.39 is 0 Å². The molecule has 0 bridgehead atoms. The van der Waals surface area contributed by atoms with Crippen LogP contribution in [0.3, 0.4) is 0 Å². The van der Waals surface area contributed by atoms with Crippen molar-refractivity contribution in [1.82, 2.24) is 4.57 Å². The molecule has 0 spiro atoms. The first-order chi connectivity index (χ1) is 16.8. The zero-order chi connectivity index (χ0) is 24.7. The second-order valence-corrected chi connectivity index (χ2v) is 10.7. The van der Waals surface area contributed by atoms with Crippen molar-refractivity contribution in [3.05, 3.63) is 99.5 Å². The molecule has 1 aliphatic heterocycles. The summed E-state index contributed by atoms with van der Waals surface area (Å²) < 4.78 is 2.79. The number of hydrogen-bond acceptors (Lipinski definition) is 4. The lowest BCUT2D eigenvalue weighted by atomic mass is 10.1. The molecule has 0 unspecified atom stereocenters. The molecule has 1 saturated heterocycles. The molecule has 1 amide bonds. The van der Waals surface area contributed by atoms with Crippen molar-refractivity contribution in [2.24, 2.45) is 0 Å². The number of benzene rings is 3. The number of fused-ring (bicyclic) bond motifs is 1. The van der Waals surface area contributed by atoms with Gasteiger partial charge in [-0.2, -0.15) is 0 Å². The van der Waals surface area contributed by atoms with Gasteiger partial charge in [-0.3, -0.25) is 9.69 Å². The number of thioether (sulfide) groups is 1. The quantitative estimate of drug-likeness (QED) is 0.208. The van der Waals surface area contributed by atoms with Crippen LogP contribution in [0.5, 0.6) is 0 Å². The Bertz CT molecular complexity index is 1490. The maximum Gasteiger partial charge on any atom is 0.270 e. The number of nitrogens with zero attached hydrogens (tertiary/aromatic N) is 3. The number of thiocarbonyl (C=S) groups is 1. The average Bonchev–Trinajstić information content (AvgIpc) is 3.28. The van der Waals surface area contributed by atoms with Crippen molar-refractivity contribution in [1.29, 1.82) is 0 Å². The van der Waals surface area contributed by atoms with E-state index in [1.54, 1.807) is 4.90 Å². The molecule has 4 nitrogen and oxygen atoms in total. The highest BCUT2D eigenvalue weighted by molar-refractivity contribution is 8.27. The predicted molar refractivity (Wildman–Crippen MR) is 154 cm³/mol.